The van der Waals surface area contributed by atoms with Gasteiger partial charge in [0.15, 0.2) is 0 Å². The van der Waals surface area contributed by atoms with Gasteiger partial charge in [-0.25, -0.2) is 0 Å². The largest absolute Gasteiger partial charge is 0.393 e. The lowest BCUT2D eigenvalue weighted by molar-refractivity contribution is -0.188. The van der Waals surface area contributed by atoms with E-state index in [1.165, 1.54) is 4.90 Å². The molecule has 1 unspecified atom stereocenters. The molecule has 3 nitrogen and oxygen atoms in total. The Labute approximate surface area is 130 Å². The average molecular weight is 320 g/mol. The molecule has 128 valence electrons. The zero-order chi connectivity index (χ0) is 16.3. The normalized spacial score (nSPS) is 23.4. The molecule has 1 amide bonds. The molecular weight excluding hydrogens is 293 g/mol. The summed E-state index contributed by atoms with van der Waals surface area (Å²) < 4.78 is 38.5. The fourth-order valence-electron chi connectivity index (χ4n) is 3.00. The molecule has 2 fully saturated rings. The van der Waals surface area contributed by atoms with Crippen molar-refractivity contribution < 1.29 is 18.0 Å². The van der Waals surface area contributed by atoms with E-state index in [2.05, 4.69) is 18.7 Å². The highest BCUT2D eigenvalue weighted by Gasteiger charge is 2.43. The molecule has 1 aliphatic heterocycles. The first-order chi connectivity index (χ1) is 10.3. The molecule has 2 rings (SSSR count). The van der Waals surface area contributed by atoms with Crippen LogP contribution >= 0.6 is 0 Å². The number of rotatable bonds is 6. The number of hydrogen-bond acceptors (Lipinski definition) is 2. The Hall–Kier alpha value is -0.780. The highest BCUT2D eigenvalue weighted by molar-refractivity contribution is 5.78. The van der Waals surface area contributed by atoms with Gasteiger partial charge in [-0.15, -0.1) is 0 Å². The molecule has 0 N–H and O–H groups in total. The highest BCUT2D eigenvalue weighted by atomic mass is 19.4. The van der Waals surface area contributed by atoms with E-state index >= 15 is 0 Å². The highest BCUT2D eigenvalue weighted by Crippen LogP contribution is 2.33. The van der Waals surface area contributed by atoms with Gasteiger partial charge in [0.05, 0.1) is 12.5 Å². The van der Waals surface area contributed by atoms with Crippen LogP contribution in [0.5, 0.6) is 0 Å². The van der Waals surface area contributed by atoms with Gasteiger partial charge in [0.2, 0.25) is 5.91 Å². The van der Waals surface area contributed by atoms with Crippen LogP contribution in [0.25, 0.3) is 0 Å². The maximum Gasteiger partial charge on any atom is 0.393 e. The van der Waals surface area contributed by atoms with E-state index in [0.29, 0.717) is 24.9 Å². The Morgan fingerprint density at radius 3 is 2.50 bits per heavy atom. The number of alkyl halides is 3. The van der Waals surface area contributed by atoms with Crippen LogP contribution in [0.2, 0.25) is 0 Å². The van der Waals surface area contributed by atoms with Gasteiger partial charge >= 0.3 is 6.18 Å². The van der Waals surface area contributed by atoms with Crippen LogP contribution in [0.4, 0.5) is 13.2 Å². The number of carbonyl (C=O) groups is 1. The molecule has 0 aromatic heterocycles. The number of carbonyl (C=O) groups excluding carboxylic acids is 1. The van der Waals surface area contributed by atoms with Gasteiger partial charge in [-0.2, -0.15) is 13.2 Å². The Morgan fingerprint density at radius 2 is 1.95 bits per heavy atom. The van der Waals surface area contributed by atoms with Gasteiger partial charge in [0, 0.05) is 19.1 Å². The van der Waals surface area contributed by atoms with Crippen molar-refractivity contribution >= 4 is 5.91 Å². The zero-order valence-corrected chi connectivity index (χ0v) is 13.5. The summed E-state index contributed by atoms with van der Waals surface area (Å²) in [6.45, 7) is 5.74. The quantitative estimate of drug-likeness (QED) is 0.750. The van der Waals surface area contributed by atoms with Crippen LogP contribution in [0.3, 0.4) is 0 Å². The van der Waals surface area contributed by atoms with Crippen LogP contribution in [0.1, 0.15) is 46.0 Å². The van der Waals surface area contributed by atoms with E-state index in [0.717, 1.165) is 25.8 Å². The third-order valence-electron chi connectivity index (χ3n) is 4.63. The van der Waals surface area contributed by atoms with Crippen LogP contribution in [0.15, 0.2) is 0 Å². The number of hydrogen-bond donors (Lipinski definition) is 0. The van der Waals surface area contributed by atoms with Crippen LogP contribution < -0.4 is 0 Å². The van der Waals surface area contributed by atoms with Crippen molar-refractivity contribution in [2.45, 2.75) is 58.2 Å². The van der Waals surface area contributed by atoms with E-state index in [1.807, 2.05) is 0 Å². The van der Waals surface area contributed by atoms with E-state index < -0.39 is 12.1 Å². The van der Waals surface area contributed by atoms with Crippen LogP contribution in [0, 0.1) is 11.8 Å². The molecule has 6 heteroatoms. The van der Waals surface area contributed by atoms with Crippen LogP contribution in [-0.4, -0.2) is 54.1 Å². The zero-order valence-electron chi connectivity index (χ0n) is 13.5. The van der Waals surface area contributed by atoms with Gasteiger partial charge < -0.3 is 4.90 Å². The van der Waals surface area contributed by atoms with E-state index in [9.17, 15) is 18.0 Å². The van der Waals surface area contributed by atoms with Crippen LogP contribution in [-0.2, 0) is 4.79 Å². The molecule has 0 bridgehead atoms. The fraction of sp³-hybridized carbons (Fsp3) is 0.938. The van der Waals surface area contributed by atoms with Crippen molar-refractivity contribution in [1.29, 1.82) is 0 Å². The summed E-state index contributed by atoms with van der Waals surface area (Å²) in [6.07, 6.45) is -0.354. The predicted molar refractivity (Wildman–Crippen MR) is 79.4 cm³/mol. The Morgan fingerprint density at radius 1 is 1.27 bits per heavy atom. The Balaban J connectivity index is 1.86. The number of halogens is 3. The number of piperidine rings is 1. The third kappa shape index (κ3) is 5.14. The fourth-order valence-corrected chi connectivity index (χ4v) is 3.00. The summed E-state index contributed by atoms with van der Waals surface area (Å²) in [5.74, 6) is -0.916. The summed E-state index contributed by atoms with van der Waals surface area (Å²) in [5, 5.41) is 0. The summed E-state index contributed by atoms with van der Waals surface area (Å²) in [4.78, 5) is 16.0. The number of likely N-dealkylation sites (tertiary alicyclic amines) is 1. The SMILES string of the molecule is CC(C)CCN(CC(=O)N1CCCC(C(F)(F)F)C1)C1CC1. The van der Waals surface area contributed by atoms with Crippen molar-refractivity contribution in [3.8, 4) is 0 Å². The summed E-state index contributed by atoms with van der Waals surface area (Å²) >= 11 is 0. The third-order valence-corrected chi connectivity index (χ3v) is 4.63. The number of nitrogens with zero attached hydrogens (tertiary/aromatic N) is 2. The molecule has 1 saturated heterocycles. The van der Waals surface area contributed by atoms with Crippen molar-refractivity contribution in [3.63, 3.8) is 0 Å². The van der Waals surface area contributed by atoms with Crippen molar-refractivity contribution in [2.24, 2.45) is 11.8 Å². The van der Waals surface area contributed by atoms with E-state index in [1.54, 1.807) is 0 Å². The summed E-state index contributed by atoms with van der Waals surface area (Å²) in [6, 6.07) is 0.464. The van der Waals surface area contributed by atoms with Crippen molar-refractivity contribution in [1.82, 2.24) is 9.80 Å². The maximum absolute atomic E-state index is 12.8. The molecular formula is C16H27F3N2O. The second kappa shape index (κ2) is 7.20. The molecule has 0 spiro atoms. The monoisotopic (exact) mass is 320 g/mol. The van der Waals surface area contributed by atoms with Gasteiger partial charge in [-0.1, -0.05) is 13.8 Å². The minimum absolute atomic E-state index is 0.135. The second-order valence-electron chi connectivity index (χ2n) is 7.10. The van der Waals surface area contributed by atoms with Gasteiger partial charge in [-0.05, 0) is 44.6 Å². The first-order valence-corrected chi connectivity index (χ1v) is 8.36. The topological polar surface area (TPSA) is 23.6 Å². The Bertz CT molecular complexity index is 380. The molecule has 22 heavy (non-hydrogen) atoms. The molecule has 0 aromatic rings. The lowest BCUT2D eigenvalue weighted by Crippen LogP contribution is -2.48. The molecule has 1 saturated carbocycles. The second-order valence-corrected chi connectivity index (χ2v) is 7.10. The standard InChI is InChI=1S/C16H27F3N2O/c1-12(2)7-9-20(14-5-6-14)11-15(22)21-8-3-4-13(10-21)16(17,18)19/h12-14H,3-11H2,1-2H3. The lowest BCUT2D eigenvalue weighted by Gasteiger charge is -2.35. The van der Waals surface area contributed by atoms with E-state index in [4.69, 9.17) is 0 Å². The first kappa shape index (κ1) is 17.6. The average Bonchev–Trinajstić information content (AvgIpc) is 3.26. The summed E-state index contributed by atoms with van der Waals surface area (Å²) in [7, 11) is 0. The smallest absolute Gasteiger partial charge is 0.341 e. The molecule has 1 heterocycles. The van der Waals surface area contributed by atoms with Gasteiger partial charge in [0.1, 0.15) is 0 Å². The van der Waals surface area contributed by atoms with Crippen molar-refractivity contribution in [3.05, 3.63) is 0 Å². The van der Waals surface area contributed by atoms with E-state index in [-0.39, 0.29) is 25.4 Å². The molecule has 0 aromatic carbocycles. The molecule has 0 radical (unpaired) electrons. The number of amides is 1. The minimum Gasteiger partial charge on any atom is -0.341 e. The molecule has 1 atom stereocenters. The van der Waals surface area contributed by atoms with Gasteiger partial charge in [-0.3, -0.25) is 9.69 Å². The minimum atomic E-state index is -4.19. The first-order valence-electron chi connectivity index (χ1n) is 8.36. The lowest BCUT2D eigenvalue weighted by atomic mass is 9.97. The van der Waals surface area contributed by atoms with Crippen molar-refractivity contribution in [2.75, 3.05) is 26.2 Å². The van der Waals surface area contributed by atoms with Gasteiger partial charge in [0.25, 0.3) is 0 Å². The molecule has 1 aliphatic carbocycles. The molecule has 2 aliphatic rings. The maximum atomic E-state index is 12.8. The Kier molecular flexibility index (Phi) is 5.75. The predicted octanol–water partition coefficient (Wildman–Crippen LogP) is 3.30. The summed E-state index contributed by atoms with van der Waals surface area (Å²) in [5.41, 5.74) is 0.